The van der Waals surface area contributed by atoms with Crippen LogP contribution in [0.25, 0.3) is 0 Å². The van der Waals surface area contributed by atoms with E-state index >= 15 is 0 Å². The average Bonchev–Trinajstić information content (AvgIpc) is 2.29. The Morgan fingerprint density at radius 2 is 2.05 bits per heavy atom. The first-order chi connectivity index (χ1) is 8.73. The lowest BCUT2D eigenvalue weighted by Gasteiger charge is -2.24. The van der Waals surface area contributed by atoms with Gasteiger partial charge in [-0.1, -0.05) is 0 Å². The molecular weight excluding hydrogens is 310 g/mol. The summed E-state index contributed by atoms with van der Waals surface area (Å²) in [5.74, 6) is 0.994. The zero-order chi connectivity index (χ0) is 14.6. The summed E-state index contributed by atoms with van der Waals surface area (Å²) in [5.41, 5.74) is -0.258. The predicted octanol–water partition coefficient (Wildman–Crippen LogP) is 2.00. The first-order valence-electron chi connectivity index (χ1n) is 6.02. The molecule has 0 radical (unpaired) electrons. The maximum Gasteiger partial charge on any atom is 0.242 e. The minimum absolute atomic E-state index is 0.0796. The molecular formula is C12H20BrN5O. The highest BCUT2D eigenvalue weighted by molar-refractivity contribution is 9.10. The number of anilines is 2. The third-order valence-electron chi connectivity index (χ3n) is 2.21. The van der Waals surface area contributed by atoms with Crippen LogP contribution in [0.5, 0.6) is 0 Å². The molecule has 106 valence electrons. The number of carbonyl (C=O) groups excluding carboxylic acids is 1. The third-order valence-corrected chi connectivity index (χ3v) is 2.79. The van der Waals surface area contributed by atoms with Crippen LogP contribution in [-0.2, 0) is 4.79 Å². The lowest BCUT2D eigenvalue weighted by atomic mass is 10.1. The van der Waals surface area contributed by atoms with Crippen LogP contribution in [-0.4, -0.2) is 34.5 Å². The molecule has 0 saturated heterocycles. The fraction of sp³-hybridized carbons (Fsp3) is 0.583. The highest BCUT2D eigenvalue weighted by Crippen LogP contribution is 2.20. The Balaban J connectivity index is 2.76. The zero-order valence-corrected chi connectivity index (χ0v) is 13.4. The Kier molecular flexibility index (Phi) is 5.11. The second-order valence-electron chi connectivity index (χ2n) is 5.25. The van der Waals surface area contributed by atoms with Gasteiger partial charge in [-0.15, -0.1) is 0 Å². The molecule has 0 aliphatic heterocycles. The molecule has 0 aliphatic rings. The molecule has 0 spiro atoms. The minimum atomic E-state index is -0.393. The molecule has 3 N–H and O–H groups in total. The molecule has 1 atom stereocenters. The number of aromatic nitrogens is 2. The molecule has 7 heteroatoms. The van der Waals surface area contributed by atoms with Crippen LogP contribution in [0.1, 0.15) is 27.7 Å². The van der Waals surface area contributed by atoms with E-state index in [0.717, 1.165) is 0 Å². The lowest BCUT2D eigenvalue weighted by Crippen LogP contribution is -2.47. The van der Waals surface area contributed by atoms with E-state index in [1.165, 1.54) is 0 Å². The van der Waals surface area contributed by atoms with Gasteiger partial charge >= 0.3 is 0 Å². The van der Waals surface area contributed by atoms with E-state index in [1.807, 2.05) is 20.8 Å². The van der Waals surface area contributed by atoms with Crippen molar-refractivity contribution in [3.8, 4) is 0 Å². The number of halogens is 1. The SMILES string of the molecule is CNc1ncc(Br)c(NC(C)C(=O)NC(C)(C)C)n1. The lowest BCUT2D eigenvalue weighted by molar-refractivity contribution is -0.122. The van der Waals surface area contributed by atoms with Crippen LogP contribution in [0.3, 0.4) is 0 Å². The van der Waals surface area contributed by atoms with Crippen LogP contribution in [0.2, 0.25) is 0 Å². The van der Waals surface area contributed by atoms with Crippen LogP contribution >= 0.6 is 15.9 Å². The summed E-state index contributed by atoms with van der Waals surface area (Å²) in [4.78, 5) is 20.3. The number of nitrogens with one attached hydrogen (secondary N) is 3. The number of carbonyl (C=O) groups is 1. The van der Waals surface area contributed by atoms with Crippen molar-refractivity contribution >= 4 is 33.6 Å². The van der Waals surface area contributed by atoms with Gasteiger partial charge in [-0.2, -0.15) is 4.98 Å². The van der Waals surface area contributed by atoms with Crippen molar-refractivity contribution in [2.24, 2.45) is 0 Å². The van der Waals surface area contributed by atoms with Gasteiger partial charge in [0, 0.05) is 18.8 Å². The monoisotopic (exact) mass is 329 g/mol. The van der Waals surface area contributed by atoms with Crippen molar-refractivity contribution in [3.63, 3.8) is 0 Å². The van der Waals surface area contributed by atoms with Gasteiger partial charge in [-0.05, 0) is 43.6 Å². The van der Waals surface area contributed by atoms with Gasteiger partial charge in [0.05, 0.1) is 4.47 Å². The molecule has 0 aromatic carbocycles. The van der Waals surface area contributed by atoms with E-state index in [1.54, 1.807) is 20.2 Å². The van der Waals surface area contributed by atoms with Crippen LogP contribution in [0, 0.1) is 0 Å². The standard InChI is InChI=1S/C12H20BrN5O/c1-7(10(19)18-12(2,3)4)16-9-8(13)6-15-11(14-5)17-9/h6-7H,1-5H3,(H,18,19)(H2,14,15,16,17). The molecule has 1 amide bonds. The smallest absolute Gasteiger partial charge is 0.242 e. The Bertz CT molecular complexity index is 458. The van der Waals surface area contributed by atoms with Crippen molar-refractivity contribution in [3.05, 3.63) is 10.7 Å². The van der Waals surface area contributed by atoms with Gasteiger partial charge in [-0.3, -0.25) is 4.79 Å². The van der Waals surface area contributed by atoms with Crippen LogP contribution in [0.15, 0.2) is 10.7 Å². The number of amides is 1. The molecule has 6 nitrogen and oxygen atoms in total. The molecule has 0 fully saturated rings. The van der Waals surface area contributed by atoms with Crippen molar-refractivity contribution < 1.29 is 4.79 Å². The van der Waals surface area contributed by atoms with Gasteiger partial charge in [0.2, 0.25) is 11.9 Å². The van der Waals surface area contributed by atoms with Gasteiger partial charge < -0.3 is 16.0 Å². The molecule has 19 heavy (non-hydrogen) atoms. The number of rotatable bonds is 4. The van der Waals surface area contributed by atoms with Gasteiger partial charge in [0.15, 0.2) is 0 Å². The molecule has 0 bridgehead atoms. The topological polar surface area (TPSA) is 78.9 Å². The molecule has 1 aromatic rings. The van der Waals surface area contributed by atoms with E-state index in [-0.39, 0.29) is 11.4 Å². The van der Waals surface area contributed by atoms with Crippen molar-refractivity contribution in [1.82, 2.24) is 15.3 Å². The summed E-state index contributed by atoms with van der Waals surface area (Å²) < 4.78 is 0.710. The Hall–Kier alpha value is -1.37. The molecule has 0 saturated carbocycles. The third kappa shape index (κ3) is 5.02. The largest absolute Gasteiger partial charge is 0.358 e. The van der Waals surface area contributed by atoms with Crippen molar-refractivity contribution in [2.75, 3.05) is 17.7 Å². The molecule has 0 aliphatic carbocycles. The maximum absolute atomic E-state index is 12.0. The summed E-state index contributed by atoms with van der Waals surface area (Å²) in [6.07, 6.45) is 1.63. The van der Waals surface area contributed by atoms with Crippen LogP contribution in [0.4, 0.5) is 11.8 Å². The van der Waals surface area contributed by atoms with E-state index in [9.17, 15) is 4.79 Å². The fourth-order valence-electron chi connectivity index (χ4n) is 1.34. The normalized spacial score (nSPS) is 12.7. The summed E-state index contributed by atoms with van der Waals surface area (Å²) in [5, 5.41) is 8.82. The van der Waals surface area contributed by atoms with Crippen molar-refractivity contribution in [2.45, 2.75) is 39.3 Å². The highest BCUT2D eigenvalue weighted by Gasteiger charge is 2.20. The Labute approximate surface area is 121 Å². The minimum Gasteiger partial charge on any atom is -0.358 e. The zero-order valence-electron chi connectivity index (χ0n) is 11.8. The molecule has 1 unspecified atom stereocenters. The summed E-state index contributed by atoms with van der Waals surface area (Å²) in [6, 6.07) is -0.393. The Morgan fingerprint density at radius 1 is 1.42 bits per heavy atom. The number of hydrogen-bond donors (Lipinski definition) is 3. The number of nitrogens with zero attached hydrogens (tertiary/aromatic N) is 2. The molecule has 1 aromatic heterocycles. The van der Waals surface area contributed by atoms with Gasteiger partial charge in [-0.25, -0.2) is 4.98 Å². The van der Waals surface area contributed by atoms with Gasteiger partial charge in [0.1, 0.15) is 11.9 Å². The fourth-order valence-corrected chi connectivity index (χ4v) is 1.64. The second-order valence-corrected chi connectivity index (χ2v) is 6.10. The van der Waals surface area contributed by atoms with E-state index in [4.69, 9.17) is 0 Å². The first kappa shape index (κ1) is 15.7. The highest BCUT2D eigenvalue weighted by atomic mass is 79.9. The average molecular weight is 330 g/mol. The van der Waals surface area contributed by atoms with Crippen molar-refractivity contribution in [1.29, 1.82) is 0 Å². The predicted molar refractivity (Wildman–Crippen MR) is 80.3 cm³/mol. The Morgan fingerprint density at radius 3 is 2.58 bits per heavy atom. The van der Waals surface area contributed by atoms with E-state index in [2.05, 4.69) is 41.8 Å². The van der Waals surface area contributed by atoms with E-state index < -0.39 is 6.04 Å². The number of hydrogen-bond acceptors (Lipinski definition) is 5. The summed E-state index contributed by atoms with van der Waals surface area (Å²) in [6.45, 7) is 7.61. The maximum atomic E-state index is 12.0. The second kappa shape index (κ2) is 6.18. The quantitative estimate of drug-likeness (QED) is 0.787. The first-order valence-corrected chi connectivity index (χ1v) is 6.81. The van der Waals surface area contributed by atoms with Crippen LogP contribution < -0.4 is 16.0 Å². The van der Waals surface area contributed by atoms with E-state index in [0.29, 0.717) is 16.2 Å². The molecule has 1 heterocycles. The summed E-state index contributed by atoms with van der Waals surface area (Å²) in [7, 11) is 1.74. The molecule has 1 rings (SSSR count). The summed E-state index contributed by atoms with van der Waals surface area (Å²) >= 11 is 3.35. The van der Waals surface area contributed by atoms with Gasteiger partial charge in [0.25, 0.3) is 0 Å².